The lowest BCUT2D eigenvalue weighted by atomic mass is 9.76. The number of piperidine rings is 1. The van der Waals surface area contributed by atoms with Crippen molar-refractivity contribution in [2.24, 2.45) is 11.8 Å². The van der Waals surface area contributed by atoms with Crippen LogP contribution in [0, 0.1) is 11.8 Å². The maximum Gasteiger partial charge on any atom is 0.220 e. The first-order chi connectivity index (χ1) is 13.2. The maximum absolute atomic E-state index is 12.5. The van der Waals surface area contributed by atoms with E-state index < -0.39 is 0 Å². The molecule has 1 aromatic rings. The summed E-state index contributed by atoms with van der Waals surface area (Å²) >= 11 is 0. The van der Waals surface area contributed by atoms with Gasteiger partial charge in [-0.25, -0.2) is 0 Å². The summed E-state index contributed by atoms with van der Waals surface area (Å²) < 4.78 is 6.59. The number of carbonyl (C=O) groups is 1. The molecule has 0 unspecified atom stereocenters. The highest BCUT2D eigenvalue weighted by Crippen LogP contribution is 2.46. The van der Waals surface area contributed by atoms with Crippen molar-refractivity contribution in [3.8, 4) is 5.75 Å². The minimum Gasteiger partial charge on any atom is -0.487 e. The zero-order valence-corrected chi connectivity index (χ0v) is 16.3. The maximum atomic E-state index is 12.5. The fourth-order valence-corrected chi connectivity index (χ4v) is 4.92. The van der Waals surface area contributed by atoms with E-state index in [1.165, 1.54) is 37.8 Å². The molecule has 4 aliphatic rings. The number of nitrogens with zero attached hydrogens (tertiary/aromatic N) is 1. The van der Waals surface area contributed by atoms with Gasteiger partial charge in [0.2, 0.25) is 5.91 Å². The van der Waals surface area contributed by atoms with Crippen molar-refractivity contribution in [2.75, 3.05) is 26.2 Å². The lowest BCUT2D eigenvalue weighted by molar-refractivity contribution is -0.122. The molecular formula is C23H32N2O2. The summed E-state index contributed by atoms with van der Waals surface area (Å²) in [5.41, 5.74) is 1.15. The van der Waals surface area contributed by atoms with Crippen LogP contribution in [-0.4, -0.2) is 42.6 Å². The second-order valence-electron chi connectivity index (χ2n) is 9.42. The van der Waals surface area contributed by atoms with Crippen LogP contribution >= 0.6 is 0 Å². The molecule has 2 aliphatic carbocycles. The summed E-state index contributed by atoms with van der Waals surface area (Å²) in [5.74, 6) is 3.20. The molecule has 0 bridgehead atoms. The van der Waals surface area contributed by atoms with Gasteiger partial charge in [0.05, 0.1) is 0 Å². The van der Waals surface area contributed by atoms with Gasteiger partial charge in [-0.1, -0.05) is 18.2 Å². The molecule has 1 aromatic carbocycles. The van der Waals surface area contributed by atoms with E-state index in [1.54, 1.807) is 0 Å². The van der Waals surface area contributed by atoms with Crippen molar-refractivity contribution in [2.45, 2.75) is 62.9 Å². The number of benzene rings is 1. The van der Waals surface area contributed by atoms with Gasteiger partial charge in [0.1, 0.15) is 11.4 Å². The van der Waals surface area contributed by atoms with Gasteiger partial charge in [0.25, 0.3) is 0 Å². The van der Waals surface area contributed by atoms with Crippen LogP contribution in [0.3, 0.4) is 0 Å². The Morgan fingerprint density at radius 2 is 1.85 bits per heavy atom. The molecule has 0 radical (unpaired) electrons. The van der Waals surface area contributed by atoms with Crippen LogP contribution < -0.4 is 10.1 Å². The van der Waals surface area contributed by atoms with E-state index in [2.05, 4.69) is 34.5 Å². The molecule has 5 rings (SSSR count). The van der Waals surface area contributed by atoms with E-state index >= 15 is 0 Å². The van der Waals surface area contributed by atoms with E-state index in [1.807, 2.05) is 0 Å². The molecule has 1 atom stereocenters. The largest absolute Gasteiger partial charge is 0.487 e. The van der Waals surface area contributed by atoms with Crippen molar-refractivity contribution in [1.29, 1.82) is 0 Å². The molecule has 2 heterocycles. The van der Waals surface area contributed by atoms with E-state index in [-0.39, 0.29) is 17.4 Å². The highest BCUT2D eigenvalue weighted by atomic mass is 16.5. The van der Waals surface area contributed by atoms with Crippen LogP contribution in [-0.2, 0) is 4.79 Å². The SMILES string of the molecule is O=C(C[C@@H]1CC2(CCN(CC3CC3)CC2)Oc2ccccc21)NCC1CC1. The number of amides is 1. The Balaban J connectivity index is 1.26. The molecule has 146 valence electrons. The molecular weight excluding hydrogens is 336 g/mol. The topological polar surface area (TPSA) is 41.6 Å². The fourth-order valence-electron chi connectivity index (χ4n) is 4.92. The number of nitrogens with one attached hydrogen (secondary N) is 1. The second kappa shape index (κ2) is 7.12. The fraction of sp³-hybridized carbons (Fsp3) is 0.696. The molecule has 1 N–H and O–H groups in total. The molecule has 2 aliphatic heterocycles. The molecule has 1 saturated heterocycles. The molecule has 0 aromatic heterocycles. The predicted octanol–water partition coefficient (Wildman–Crippen LogP) is 3.71. The van der Waals surface area contributed by atoms with Crippen molar-refractivity contribution in [3.63, 3.8) is 0 Å². The summed E-state index contributed by atoms with van der Waals surface area (Å²) in [4.78, 5) is 15.2. The van der Waals surface area contributed by atoms with Gasteiger partial charge in [-0.2, -0.15) is 0 Å². The lowest BCUT2D eigenvalue weighted by Gasteiger charge is -2.47. The number of ether oxygens (including phenoxy) is 1. The van der Waals surface area contributed by atoms with Gasteiger partial charge in [0.15, 0.2) is 0 Å². The molecule has 1 spiro atoms. The number of para-hydroxylation sites is 1. The minimum absolute atomic E-state index is 0.0736. The van der Waals surface area contributed by atoms with E-state index in [0.717, 1.165) is 56.5 Å². The lowest BCUT2D eigenvalue weighted by Crippen LogP contribution is -2.51. The average Bonchev–Trinajstić information content (AvgIpc) is 3.58. The Kier molecular flexibility index (Phi) is 4.63. The zero-order valence-electron chi connectivity index (χ0n) is 16.3. The Morgan fingerprint density at radius 1 is 1.11 bits per heavy atom. The van der Waals surface area contributed by atoms with Gasteiger partial charge >= 0.3 is 0 Å². The third-order valence-electron chi connectivity index (χ3n) is 7.00. The van der Waals surface area contributed by atoms with Gasteiger partial charge in [-0.05, 0) is 68.4 Å². The smallest absolute Gasteiger partial charge is 0.220 e. The predicted molar refractivity (Wildman–Crippen MR) is 106 cm³/mol. The monoisotopic (exact) mass is 368 g/mol. The van der Waals surface area contributed by atoms with Crippen LogP contribution in [0.1, 0.15) is 62.8 Å². The molecule has 27 heavy (non-hydrogen) atoms. The quantitative estimate of drug-likeness (QED) is 0.832. The van der Waals surface area contributed by atoms with E-state index in [0.29, 0.717) is 6.42 Å². The summed E-state index contributed by atoms with van der Waals surface area (Å²) in [6.45, 7) is 4.42. The van der Waals surface area contributed by atoms with E-state index in [4.69, 9.17) is 4.74 Å². The van der Waals surface area contributed by atoms with Gasteiger partial charge in [-0.15, -0.1) is 0 Å². The van der Waals surface area contributed by atoms with Crippen molar-refractivity contribution in [3.05, 3.63) is 29.8 Å². The van der Waals surface area contributed by atoms with Crippen LogP contribution in [0.15, 0.2) is 24.3 Å². The van der Waals surface area contributed by atoms with Gasteiger partial charge < -0.3 is 15.0 Å². The third kappa shape index (κ3) is 4.16. The highest BCUT2D eigenvalue weighted by Gasteiger charge is 2.44. The van der Waals surface area contributed by atoms with Crippen molar-refractivity contribution < 1.29 is 9.53 Å². The van der Waals surface area contributed by atoms with Crippen LogP contribution in [0.4, 0.5) is 0 Å². The van der Waals surface area contributed by atoms with E-state index in [9.17, 15) is 4.79 Å². The van der Waals surface area contributed by atoms with Crippen LogP contribution in [0.2, 0.25) is 0 Å². The first-order valence-corrected chi connectivity index (χ1v) is 11.0. The first kappa shape index (κ1) is 17.5. The van der Waals surface area contributed by atoms with Crippen LogP contribution in [0.5, 0.6) is 5.75 Å². The molecule has 2 saturated carbocycles. The number of hydrogen-bond acceptors (Lipinski definition) is 3. The van der Waals surface area contributed by atoms with Crippen molar-refractivity contribution >= 4 is 5.91 Å². The Labute approximate surface area is 162 Å². The number of carbonyl (C=O) groups excluding carboxylic acids is 1. The average molecular weight is 369 g/mol. The van der Waals surface area contributed by atoms with Gasteiger partial charge in [-0.3, -0.25) is 4.79 Å². The number of likely N-dealkylation sites (tertiary alicyclic amines) is 1. The van der Waals surface area contributed by atoms with Crippen LogP contribution in [0.25, 0.3) is 0 Å². The van der Waals surface area contributed by atoms with Crippen molar-refractivity contribution in [1.82, 2.24) is 10.2 Å². The normalized spacial score (nSPS) is 27.0. The minimum atomic E-state index is -0.0736. The second-order valence-corrected chi connectivity index (χ2v) is 9.42. The standard InChI is InChI=1S/C23H32N2O2/c26-22(24-15-17-5-6-17)13-19-14-23(27-21-4-2-1-3-20(19)21)9-11-25(12-10-23)16-18-7-8-18/h1-4,17-19H,5-16H2,(H,24,26)/t19-/m1/s1. The summed E-state index contributed by atoms with van der Waals surface area (Å²) in [7, 11) is 0. The summed E-state index contributed by atoms with van der Waals surface area (Å²) in [5, 5.41) is 3.16. The zero-order chi connectivity index (χ0) is 18.3. The Hall–Kier alpha value is -1.55. The Bertz CT molecular complexity index is 687. The molecule has 1 amide bonds. The molecule has 4 nitrogen and oxygen atoms in total. The highest BCUT2D eigenvalue weighted by molar-refractivity contribution is 5.77. The molecule has 4 heteroatoms. The summed E-state index contributed by atoms with van der Waals surface area (Å²) in [6.07, 6.45) is 9.16. The number of fused-ring (bicyclic) bond motifs is 1. The Morgan fingerprint density at radius 3 is 2.59 bits per heavy atom. The first-order valence-electron chi connectivity index (χ1n) is 11.0. The van der Waals surface area contributed by atoms with Gasteiger partial charge in [0, 0.05) is 38.5 Å². The number of hydrogen-bond donors (Lipinski definition) is 1. The summed E-state index contributed by atoms with van der Waals surface area (Å²) in [6, 6.07) is 8.39. The number of rotatable bonds is 6. The third-order valence-corrected chi connectivity index (χ3v) is 7.00. The molecule has 3 fully saturated rings.